The highest BCUT2D eigenvalue weighted by Gasteiger charge is 2.29. The van der Waals surface area contributed by atoms with E-state index in [-0.39, 0.29) is 13.2 Å². The first kappa shape index (κ1) is 16.7. The molecule has 0 saturated carbocycles. The van der Waals surface area contributed by atoms with Gasteiger partial charge in [-0.15, -0.1) is 0 Å². The van der Waals surface area contributed by atoms with Gasteiger partial charge in [-0.2, -0.15) is 0 Å². The number of sulfonamides is 1. The van der Waals surface area contributed by atoms with E-state index in [0.29, 0.717) is 12.8 Å². The molecule has 1 rings (SSSR count). The summed E-state index contributed by atoms with van der Waals surface area (Å²) in [7, 11) is -3.93. The average molecular weight is 305 g/mol. The van der Waals surface area contributed by atoms with E-state index < -0.39 is 32.3 Å². The monoisotopic (exact) mass is 305 g/mol. The molecule has 114 valence electrons. The fourth-order valence-corrected chi connectivity index (χ4v) is 2.76. The smallest absolute Gasteiger partial charge is 0.371 e. The first-order valence-electron chi connectivity index (χ1n) is 6.24. The minimum atomic E-state index is -3.93. The highest BCUT2D eigenvalue weighted by atomic mass is 32.2. The van der Waals surface area contributed by atoms with Crippen LogP contribution in [-0.4, -0.2) is 37.8 Å². The summed E-state index contributed by atoms with van der Waals surface area (Å²) in [5.41, 5.74) is -0.532. The Labute approximate surface area is 117 Å². The third-order valence-corrected chi connectivity index (χ3v) is 4.80. The number of hydrogen-bond acceptors (Lipinski definition) is 5. The molecule has 20 heavy (non-hydrogen) atoms. The molecule has 0 bridgehead atoms. The molecular weight excluding hydrogens is 286 g/mol. The maximum atomic E-state index is 12.0. The Hall–Kier alpha value is -1.38. The van der Waals surface area contributed by atoms with Crippen molar-refractivity contribution in [3.8, 4) is 0 Å². The second kappa shape index (κ2) is 6.38. The lowest BCUT2D eigenvalue weighted by Gasteiger charge is -2.29. The predicted molar refractivity (Wildman–Crippen MR) is 71.0 cm³/mol. The predicted octanol–water partition coefficient (Wildman–Crippen LogP) is 1.05. The SMILES string of the molecule is CCC(CC)(CO)CNS(=O)(=O)c1ccc(C(=O)O)o1. The topological polar surface area (TPSA) is 117 Å². The van der Waals surface area contributed by atoms with Crippen LogP contribution >= 0.6 is 0 Å². The third-order valence-electron chi connectivity index (χ3n) is 3.53. The normalized spacial score (nSPS) is 12.6. The Bertz CT molecular complexity index is 550. The molecule has 1 aromatic heterocycles. The zero-order chi connectivity index (χ0) is 15.4. The number of aliphatic hydroxyl groups is 1. The van der Waals surface area contributed by atoms with Gasteiger partial charge in [-0.25, -0.2) is 17.9 Å². The van der Waals surface area contributed by atoms with Crippen LogP contribution in [0.1, 0.15) is 37.2 Å². The zero-order valence-electron chi connectivity index (χ0n) is 11.4. The van der Waals surface area contributed by atoms with Crippen LogP contribution in [0.25, 0.3) is 0 Å². The number of aliphatic hydroxyl groups excluding tert-OH is 1. The van der Waals surface area contributed by atoms with E-state index in [1.165, 1.54) is 0 Å². The number of nitrogens with one attached hydrogen (secondary N) is 1. The summed E-state index contributed by atoms with van der Waals surface area (Å²) in [6.45, 7) is 3.65. The quantitative estimate of drug-likeness (QED) is 0.661. The van der Waals surface area contributed by atoms with E-state index in [4.69, 9.17) is 9.52 Å². The van der Waals surface area contributed by atoms with Gasteiger partial charge in [0.1, 0.15) is 0 Å². The van der Waals surface area contributed by atoms with Crippen LogP contribution < -0.4 is 4.72 Å². The number of hydrogen-bond donors (Lipinski definition) is 3. The molecule has 3 N–H and O–H groups in total. The highest BCUT2D eigenvalue weighted by Crippen LogP contribution is 2.25. The molecule has 0 aromatic carbocycles. The van der Waals surface area contributed by atoms with Crippen LogP contribution in [0.5, 0.6) is 0 Å². The number of carboxylic acid groups (broad SMARTS) is 1. The zero-order valence-corrected chi connectivity index (χ0v) is 12.2. The summed E-state index contributed by atoms with van der Waals surface area (Å²) in [6.07, 6.45) is 1.22. The van der Waals surface area contributed by atoms with Gasteiger partial charge in [0, 0.05) is 18.6 Å². The second-order valence-electron chi connectivity index (χ2n) is 4.61. The van der Waals surface area contributed by atoms with Gasteiger partial charge in [0.2, 0.25) is 10.9 Å². The molecule has 0 amide bonds. The van der Waals surface area contributed by atoms with E-state index in [9.17, 15) is 18.3 Å². The lowest BCUT2D eigenvalue weighted by Crippen LogP contribution is -2.39. The number of rotatable bonds is 8. The van der Waals surface area contributed by atoms with Crippen LogP contribution in [0.2, 0.25) is 0 Å². The molecule has 8 heteroatoms. The van der Waals surface area contributed by atoms with Crippen molar-refractivity contribution in [3.05, 3.63) is 17.9 Å². The third kappa shape index (κ3) is 3.59. The van der Waals surface area contributed by atoms with E-state index >= 15 is 0 Å². The van der Waals surface area contributed by atoms with Gasteiger partial charge in [-0.05, 0) is 25.0 Å². The van der Waals surface area contributed by atoms with Crippen molar-refractivity contribution < 1.29 is 27.8 Å². The lowest BCUT2D eigenvalue weighted by molar-refractivity contribution is 0.0656. The number of aromatic carboxylic acids is 1. The van der Waals surface area contributed by atoms with Gasteiger partial charge in [0.05, 0.1) is 0 Å². The Morgan fingerprint density at radius 3 is 2.35 bits per heavy atom. The molecule has 1 heterocycles. The van der Waals surface area contributed by atoms with Crippen LogP contribution in [0.3, 0.4) is 0 Å². The molecule has 1 aromatic rings. The minimum Gasteiger partial charge on any atom is -0.475 e. The fourth-order valence-electron chi connectivity index (χ4n) is 1.68. The Balaban J connectivity index is 2.87. The van der Waals surface area contributed by atoms with Crippen molar-refractivity contribution >= 4 is 16.0 Å². The lowest BCUT2D eigenvalue weighted by atomic mass is 9.84. The average Bonchev–Trinajstić information content (AvgIpc) is 2.91. The van der Waals surface area contributed by atoms with Gasteiger partial charge < -0.3 is 14.6 Å². The van der Waals surface area contributed by atoms with E-state index in [1.807, 2.05) is 13.8 Å². The van der Waals surface area contributed by atoms with Crippen LogP contribution in [0.15, 0.2) is 21.6 Å². The van der Waals surface area contributed by atoms with E-state index in [1.54, 1.807) is 0 Å². The van der Waals surface area contributed by atoms with Gasteiger partial charge >= 0.3 is 5.97 Å². The molecule has 0 radical (unpaired) electrons. The molecule has 0 aliphatic heterocycles. The van der Waals surface area contributed by atoms with E-state index in [0.717, 1.165) is 12.1 Å². The Morgan fingerprint density at radius 1 is 1.35 bits per heavy atom. The summed E-state index contributed by atoms with van der Waals surface area (Å²) >= 11 is 0. The van der Waals surface area contributed by atoms with Gasteiger partial charge in [-0.1, -0.05) is 13.8 Å². The number of carboxylic acids is 1. The van der Waals surface area contributed by atoms with Crippen molar-refractivity contribution in [3.63, 3.8) is 0 Å². The summed E-state index contributed by atoms with van der Waals surface area (Å²) in [4.78, 5) is 10.7. The highest BCUT2D eigenvalue weighted by molar-refractivity contribution is 7.89. The van der Waals surface area contributed by atoms with Crippen molar-refractivity contribution in [2.75, 3.05) is 13.2 Å². The van der Waals surface area contributed by atoms with Crippen LogP contribution in [0, 0.1) is 5.41 Å². The van der Waals surface area contributed by atoms with Crippen molar-refractivity contribution in [2.24, 2.45) is 5.41 Å². The number of furan rings is 1. The van der Waals surface area contributed by atoms with Crippen LogP contribution in [0.4, 0.5) is 0 Å². The summed E-state index contributed by atoms with van der Waals surface area (Å²) in [5, 5.41) is 17.6. The van der Waals surface area contributed by atoms with Gasteiger partial charge in [0.25, 0.3) is 10.0 Å². The second-order valence-corrected chi connectivity index (χ2v) is 6.31. The molecule has 0 fully saturated rings. The van der Waals surface area contributed by atoms with Crippen molar-refractivity contribution in [1.82, 2.24) is 4.72 Å². The first-order chi connectivity index (χ1) is 9.30. The molecule has 0 unspecified atom stereocenters. The summed E-state index contributed by atoms with van der Waals surface area (Å²) in [6, 6.07) is 2.17. The van der Waals surface area contributed by atoms with Gasteiger partial charge in [-0.3, -0.25) is 0 Å². The minimum absolute atomic E-state index is 0.0575. The summed E-state index contributed by atoms with van der Waals surface area (Å²) in [5.74, 6) is -1.77. The van der Waals surface area contributed by atoms with Crippen LogP contribution in [-0.2, 0) is 10.0 Å². The molecule has 0 spiro atoms. The van der Waals surface area contributed by atoms with E-state index in [2.05, 4.69) is 4.72 Å². The molecule has 0 aliphatic rings. The largest absolute Gasteiger partial charge is 0.475 e. The Morgan fingerprint density at radius 2 is 1.95 bits per heavy atom. The molecule has 0 aliphatic carbocycles. The maximum Gasteiger partial charge on any atom is 0.371 e. The maximum absolute atomic E-state index is 12.0. The molecule has 7 nitrogen and oxygen atoms in total. The first-order valence-corrected chi connectivity index (χ1v) is 7.72. The molecule has 0 saturated heterocycles. The summed E-state index contributed by atoms with van der Waals surface area (Å²) < 4.78 is 31.1. The van der Waals surface area contributed by atoms with Crippen molar-refractivity contribution in [2.45, 2.75) is 31.8 Å². The number of carbonyl (C=O) groups is 1. The van der Waals surface area contributed by atoms with Gasteiger partial charge in [0.15, 0.2) is 0 Å². The Kier molecular flexibility index (Phi) is 5.32. The molecular formula is C12H19NO6S. The standard InChI is InChI=1S/C12H19NO6S/c1-3-12(4-2,8-14)7-13-20(17,18)10-6-5-9(19-10)11(15)16/h5-6,13-14H,3-4,7-8H2,1-2H3,(H,15,16). The fraction of sp³-hybridized carbons (Fsp3) is 0.583. The van der Waals surface area contributed by atoms with Crippen molar-refractivity contribution in [1.29, 1.82) is 0 Å². The molecule has 0 atom stereocenters.